The summed E-state index contributed by atoms with van der Waals surface area (Å²) in [5, 5.41) is 17.9. The Hall–Kier alpha value is -3.02. The maximum atomic E-state index is 12.1. The molecule has 0 fully saturated rings. The van der Waals surface area contributed by atoms with Crippen LogP contribution in [0.3, 0.4) is 0 Å². The van der Waals surface area contributed by atoms with E-state index in [9.17, 15) is 9.59 Å². The Labute approximate surface area is 356 Å². The van der Waals surface area contributed by atoms with E-state index in [1.54, 1.807) is 6.92 Å². The molecule has 0 aromatic heterocycles. The fraction of sp³-hybridized carbons (Fsp3) is 0.731. The number of ketones is 2. The van der Waals surface area contributed by atoms with Crippen molar-refractivity contribution in [3.63, 3.8) is 0 Å². The minimum absolute atomic E-state index is 0.0603. The summed E-state index contributed by atoms with van der Waals surface area (Å²) in [5.41, 5.74) is 0.985. The number of hydrogen-bond acceptors (Lipinski definition) is 6. The van der Waals surface area contributed by atoms with Crippen molar-refractivity contribution in [2.75, 3.05) is 13.2 Å². The second-order valence-corrected chi connectivity index (χ2v) is 16.8. The molecular weight excluding hydrogens is 721 g/mol. The molecule has 2 aromatic carbocycles. The lowest BCUT2D eigenvalue weighted by Crippen LogP contribution is -2.02. The Morgan fingerprint density at radius 2 is 0.603 bits per heavy atom. The van der Waals surface area contributed by atoms with Crippen LogP contribution in [-0.4, -0.2) is 35.0 Å². The summed E-state index contributed by atoms with van der Waals surface area (Å²) in [6.45, 7) is 8.98. The van der Waals surface area contributed by atoms with E-state index in [1.807, 2.05) is 18.2 Å². The van der Waals surface area contributed by atoms with Crippen LogP contribution in [0, 0.1) is 0 Å². The van der Waals surface area contributed by atoms with Gasteiger partial charge in [-0.3, -0.25) is 9.59 Å². The Balaban J connectivity index is 0.00000131. The number of phenolic OH excluding ortho intramolecular Hbond substituents is 2. The average molecular weight is 809 g/mol. The van der Waals surface area contributed by atoms with Crippen LogP contribution in [0.4, 0.5) is 0 Å². The molecule has 0 unspecified atom stereocenters. The molecule has 0 heterocycles. The number of ether oxygens (including phenoxy) is 2. The molecule has 332 valence electrons. The van der Waals surface area contributed by atoms with Gasteiger partial charge in [0.25, 0.3) is 0 Å². The number of unbranched alkanes of at least 4 members (excludes halogenated alkanes) is 30. The lowest BCUT2D eigenvalue weighted by molar-refractivity contribution is 0.100. The number of carbonyl (C=O) groups is 2. The van der Waals surface area contributed by atoms with Crippen LogP contribution in [0.15, 0.2) is 36.4 Å². The normalized spacial score (nSPS) is 11.0. The zero-order valence-corrected chi connectivity index (χ0v) is 38.0. The summed E-state index contributed by atoms with van der Waals surface area (Å²) in [6, 6.07) is 9.49. The summed E-state index contributed by atoms with van der Waals surface area (Å²) < 4.78 is 12.1. The van der Waals surface area contributed by atoms with Gasteiger partial charge in [-0.05, 0) is 51.0 Å². The number of benzene rings is 2. The van der Waals surface area contributed by atoms with Crippen molar-refractivity contribution in [3.05, 3.63) is 47.5 Å². The topological polar surface area (TPSA) is 93.1 Å². The first-order valence-corrected chi connectivity index (χ1v) is 24.2. The standard InChI is InChI=1S/C44H80O3.C8H8O3/c1-4-6-8-10-12-14-16-18-20-22-24-26-28-30-32-34-36-46-43-38-42(41(3)45)39-44(40-43)47-37-35-33-31-29-27-25-23-21-19-17-15-13-11-9-7-5-2;1-5(9)6-2-7(10)4-8(11)3-6/h38-40H,4-37H2,1-3H3;2-4,10-11H,1H3. The maximum Gasteiger partial charge on any atom is 0.160 e. The van der Waals surface area contributed by atoms with Gasteiger partial charge in [0.05, 0.1) is 13.2 Å². The van der Waals surface area contributed by atoms with Crippen molar-refractivity contribution in [2.24, 2.45) is 0 Å². The summed E-state index contributed by atoms with van der Waals surface area (Å²) in [7, 11) is 0. The van der Waals surface area contributed by atoms with Crippen molar-refractivity contribution in [1.82, 2.24) is 0 Å². The molecule has 0 bridgehead atoms. The summed E-state index contributed by atoms with van der Waals surface area (Å²) in [6.07, 6.45) is 43.9. The molecule has 0 aliphatic heterocycles. The summed E-state index contributed by atoms with van der Waals surface area (Å²) >= 11 is 0. The summed E-state index contributed by atoms with van der Waals surface area (Å²) in [4.78, 5) is 22.8. The molecule has 0 radical (unpaired) electrons. The molecule has 58 heavy (non-hydrogen) atoms. The Bertz CT molecular complexity index is 1200. The molecule has 0 saturated heterocycles. The second-order valence-electron chi connectivity index (χ2n) is 16.8. The van der Waals surface area contributed by atoms with Gasteiger partial charge in [-0.15, -0.1) is 0 Å². The molecule has 0 aliphatic rings. The molecule has 0 saturated carbocycles. The monoisotopic (exact) mass is 809 g/mol. The first-order chi connectivity index (χ1) is 28.3. The van der Waals surface area contributed by atoms with E-state index in [0.717, 1.165) is 24.3 Å². The Morgan fingerprint density at radius 3 is 0.862 bits per heavy atom. The van der Waals surface area contributed by atoms with Crippen molar-refractivity contribution in [3.8, 4) is 23.0 Å². The van der Waals surface area contributed by atoms with Crippen LogP contribution in [-0.2, 0) is 0 Å². The summed E-state index contributed by atoms with van der Waals surface area (Å²) in [5.74, 6) is 1.20. The third kappa shape index (κ3) is 31.9. The lowest BCUT2D eigenvalue weighted by Gasteiger charge is -2.12. The third-order valence-electron chi connectivity index (χ3n) is 11.1. The lowest BCUT2D eigenvalue weighted by atomic mass is 10.0. The van der Waals surface area contributed by atoms with Gasteiger partial charge in [-0.25, -0.2) is 0 Å². The number of rotatable bonds is 38. The molecular formula is C52H88O6. The molecule has 2 N–H and O–H groups in total. The van der Waals surface area contributed by atoms with Gasteiger partial charge < -0.3 is 19.7 Å². The Kier molecular flexibility index (Phi) is 34.9. The van der Waals surface area contributed by atoms with Gasteiger partial charge in [0.1, 0.15) is 23.0 Å². The van der Waals surface area contributed by atoms with Crippen LogP contribution in [0.1, 0.15) is 254 Å². The van der Waals surface area contributed by atoms with Crippen molar-refractivity contribution in [1.29, 1.82) is 0 Å². The van der Waals surface area contributed by atoms with E-state index in [4.69, 9.17) is 19.7 Å². The van der Waals surface area contributed by atoms with E-state index in [-0.39, 0.29) is 23.1 Å². The molecule has 0 aliphatic carbocycles. The molecule has 6 heteroatoms. The zero-order chi connectivity index (χ0) is 42.3. The highest BCUT2D eigenvalue weighted by Crippen LogP contribution is 2.25. The molecule has 0 atom stereocenters. The number of aromatic hydroxyl groups is 2. The minimum Gasteiger partial charge on any atom is -0.508 e. The highest BCUT2D eigenvalue weighted by Gasteiger charge is 2.08. The molecule has 6 nitrogen and oxygen atoms in total. The van der Waals surface area contributed by atoms with E-state index in [0.29, 0.717) is 24.3 Å². The van der Waals surface area contributed by atoms with Crippen LogP contribution in [0.5, 0.6) is 23.0 Å². The highest BCUT2D eigenvalue weighted by atomic mass is 16.5. The molecule has 0 amide bonds. The smallest absolute Gasteiger partial charge is 0.160 e. The van der Waals surface area contributed by atoms with Gasteiger partial charge in [0.2, 0.25) is 0 Å². The highest BCUT2D eigenvalue weighted by molar-refractivity contribution is 5.95. The van der Waals surface area contributed by atoms with Gasteiger partial charge in [-0.1, -0.05) is 206 Å². The molecule has 2 rings (SSSR count). The van der Waals surface area contributed by atoms with Gasteiger partial charge in [0, 0.05) is 23.3 Å². The fourth-order valence-electron chi connectivity index (χ4n) is 7.42. The average Bonchev–Trinajstić information content (AvgIpc) is 3.20. The number of Topliss-reactive ketones (excluding diaryl/α,β-unsaturated/α-hetero) is 2. The largest absolute Gasteiger partial charge is 0.508 e. The predicted octanol–water partition coefficient (Wildman–Crippen LogP) is 16.5. The first kappa shape index (κ1) is 53.0. The molecule has 0 spiro atoms. The van der Waals surface area contributed by atoms with Crippen LogP contribution in [0.2, 0.25) is 0 Å². The van der Waals surface area contributed by atoms with Gasteiger partial charge >= 0.3 is 0 Å². The van der Waals surface area contributed by atoms with E-state index < -0.39 is 0 Å². The predicted molar refractivity (Wildman–Crippen MR) is 246 cm³/mol. The van der Waals surface area contributed by atoms with E-state index in [2.05, 4.69) is 13.8 Å². The van der Waals surface area contributed by atoms with E-state index in [1.165, 1.54) is 218 Å². The van der Waals surface area contributed by atoms with Crippen molar-refractivity contribution >= 4 is 11.6 Å². The van der Waals surface area contributed by atoms with Crippen molar-refractivity contribution in [2.45, 2.75) is 233 Å². The van der Waals surface area contributed by atoms with E-state index >= 15 is 0 Å². The second kappa shape index (κ2) is 38.2. The number of hydrogen-bond donors (Lipinski definition) is 2. The van der Waals surface area contributed by atoms with Crippen LogP contribution in [0.25, 0.3) is 0 Å². The SMILES string of the molecule is CC(=O)c1cc(O)cc(O)c1.CCCCCCCCCCCCCCCCCCOc1cc(OCCCCCCCCCCCCCCCCCC)cc(C(C)=O)c1. The fourth-order valence-corrected chi connectivity index (χ4v) is 7.42. The number of carbonyl (C=O) groups excluding carboxylic acids is 2. The Morgan fingerprint density at radius 1 is 0.362 bits per heavy atom. The maximum absolute atomic E-state index is 12.1. The minimum atomic E-state index is -0.184. The van der Waals surface area contributed by atoms with Gasteiger partial charge in [0.15, 0.2) is 11.6 Å². The zero-order valence-electron chi connectivity index (χ0n) is 38.0. The quantitative estimate of drug-likeness (QED) is 0.0518. The van der Waals surface area contributed by atoms with Crippen molar-refractivity contribution < 1.29 is 29.3 Å². The molecule has 2 aromatic rings. The van der Waals surface area contributed by atoms with Gasteiger partial charge in [-0.2, -0.15) is 0 Å². The number of phenols is 2. The third-order valence-corrected chi connectivity index (χ3v) is 11.1. The van der Waals surface area contributed by atoms with Crippen LogP contribution >= 0.6 is 0 Å². The van der Waals surface area contributed by atoms with Crippen LogP contribution < -0.4 is 9.47 Å². The first-order valence-electron chi connectivity index (χ1n) is 24.2.